The first-order chi connectivity index (χ1) is 8.97. The number of nitrogen functional groups attached to an aromatic ring is 1. The third-order valence-electron chi connectivity index (χ3n) is 3.56. The quantitative estimate of drug-likeness (QED) is 0.580. The van der Waals surface area contributed by atoms with Crippen LogP contribution in [-0.2, 0) is 16.7 Å². The van der Waals surface area contributed by atoms with Gasteiger partial charge in [0.05, 0.1) is 0 Å². The molecule has 0 bridgehead atoms. The number of nitrogens with one attached hydrogen (secondary N) is 1. The Labute approximate surface area is 113 Å². The van der Waals surface area contributed by atoms with Gasteiger partial charge in [-0.3, -0.25) is 4.55 Å². The molecule has 106 valence electrons. The average molecular weight is 284 g/mol. The maximum Gasteiger partial charge on any atom is 0.294 e. The highest BCUT2D eigenvalue weighted by Crippen LogP contribution is 2.21. The molecule has 1 saturated carbocycles. The van der Waals surface area contributed by atoms with E-state index in [-0.39, 0.29) is 4.90 Å². The Kier molecular flexibility index (Phi) is 4.44. The van der Waals surface area contributed by atoms with Crippen molar-refractivity contribution in [3.8, 4) is 0 Å². The highest BCUT2D eigenvalue weighted by atomic mass is 32.2. The molecule has 5 nitrogen and oxygen atoms in total. The zero-order chi connectivity index (χ0) is 13.9. The SMILES string of the molecule is Nc1ccc(CNC2CCCCC2)c(S(=O)(=O)O)c1. The summed E-state index contributed by atoms with van der Waals surface area (Å²) < 4.78 is 31.9. The van der Waals surface area contributed by atoms with Gasteiger partial charge < -0.3 is 11.1 Å². The standard InChI is InChI=1S/C13H20N2O3S/c14-11-7-6-10(13(8-11)19(16,17)18)9-15-12-4-2-1-3-5-12/h6-8,12,15H,1-5,9,14H2,(H,16,17,18). The topological polar surface area (TPSA) is 92.4 Å². The van der Waals surface area contributed by atoms with Crippen LogP contribution in [0.15, 0.2) is 23.1 Å². The second-order valence-corrected chi connectivity index (χ2v) is 6.45. The predicted octanol–water partition coefficient (Wildman–Crippen LogP) is 1.94. The van der Waals surface area contributed by atoms with E-state index in [0.717, 1.165) is 12.8 Å². The summed E-state index contributed by atoms with van der Waals surface area (Å²) in [4.78, 5) is -0.101. The lowest BCUT2D eigenvalue weighted by atomic mass is 9.95. The molecule has 0 saturated heterocycles. The number of anilines is 1. The van der Waals surface area contributed by atoms with E-state index in [2.05, 4.69) is 5.32 Å². The summed E-state index contributed by atoms with van der Waals surface area (Å²) in [5.74, 6) is 0. The Morgan fingerprint density at radius 1 is 1.26 bits per heavy atom. The van der Waals surface area contributed by atoms with Crippen LogP contribution in [0, 0.1) is 0 Å². The van der Waals surface area contributed by atoms with E-state index < -0.39 is 10.1 Å². The molecule has 1 aliphatic rings. The zero-order valence-electron chi connectivity index (χ0n) is 10.8. The van der Waals surface area contributed by atoms with Gasteiger partial charge in [0.2, 0.25) is 0 Å². The van der Waals surface area contributed by atoms with Crippen LogP contribution in [0.2, 0.25) is 0 Å². The lowest BCUT2D eigenvalue weighted by Crippen LogP contribution is -2.30. The molecule has 0 spiro atoms. The summed E-state index contributed by atoms with van der Waals surface area (Å²) in [6.07, 6.45) is 5.94. The molecule has 4 N–H and O–H groups in total. The summed E-state index contributed by atoms with van der Waals surface area (Å²) in [5.41, 5.74) is 6.45. The number of benzene rings is 1. The molecule has 6 heteroatoms. The van der Waals surface area contributed by atoms with Crippen molar-refractivity contribution in [2.45, 2.75) is 49.6 Å². The van der Waals surface area contributed by atoms with Crippen LogP contribution in [0.3, 0.4) is 0 Å². The molecule has 1 fully saturated rings. The first-order valence-corrected chi connectivity index (χ1v) is 8.00. The van der Waals surface area contributed by atoms with E-state index in [1.807, 2.05) is 0 Å². The molecule has 0 amide bonds. The van der Waals surface area contributed by atoms with E-state index in [4.69, 9.17) is 5.73 Å². The van der Waals surface area contributed by atoms with Crippen molar-refractivity contribution in [3.63, 3.8) is 0 Å². The van der Waals surface area contributed by atoms with Gasteiger partial charge in [-0.25, -0.2) is 0 Å². The summed E-state index contributed by atoms with van der Waals surface area (Å²) in [6, 6.07) is 5.02. The Balaban J connectivity index is 2.11. The van der Waals surface area contributed by atoms with Gasteiger partial charge in [-0.1, -0.05) is 25.3 Å². The van der Waals surface area contributed by atoms with Gasteiger partial charge >= 0.3 is 0 Å². The van der Waals surface area contributed by atoms with Gasteiger partial charge in [0.1, 0.15) is 4.90 Å². The van der Waals surface area contributed by atoms with Crippen LogP contribution in [0.4, 0.5) is 5.69 Å². The maximum atomic E-state index is 11.3. The minimum absolute atomic E-state index is 0.101. The number of rotatable bonds is 4. The molecular weight excluding hydrogens is 264 g/mol. The van der Waals surface area contributed by atoms with E-state index in [0.29, 0.717) is 23.8 Å². The normalized spacial score (nSPS) is 17.5. The molecule has 0 atom stereocenters. The monoisotopic (exact) mass is 284 g/mol. The van der Waals surface area contributed by atoms with Gasteiger partial charge in [-0.05, 0) is 30.5 Å². The molecule has 0 radical (unpaired) electrons. The first-order valence-electron chi connectivity index (χ1n) is 6.56. The third kappa shape index (κ3) is 3.92. The molecule has 1 aromatic rings. The molecule has 1 aromatic carbocycles. The van der Waals surface area contributed by atoms with Crippen molar-refractivity contribution in [1.29, 1.82) is 0 Å². The fourth-order valence-electron chi connectivity index (χ4n) is 2.52. The number of hydrogen-bond acceptors (Lipinski definition) is 4. The summed E-state index contributed by atoms with van der Waals surface area (Å²) in [6.45, 7) is 0.431. The minimum Gasteiger partial charge on any atom is -0.399 e. The Bertz CT molecular complexity index is 537. The van der Waals surface area contributed by atoms with Crippen LogP contribution >= 0.6 is 0 Å². The minimum atomic E-state index is -4.23. The second kappa shape index (κ2) is 5.90. The van der Waals surface area contributed by atoms with Gasteiger partial charge in [0.25, 0.3) is 10.1 Å². The first kappa shape index (κ1) is 14.3. The summed E-state index contributed by atoms with van der Waals surface area (Å²) >= 11 is 0. The molecule has 2 rings (SSSR count). The fraction of sp³-hybridized carbons (Fsp3) is 0.538. The van der Waals surface area contributed by atoms with Crippen LogP contribution < -0.4 is 11.1 Å². The smallest absolute Gasteiger partial charge is 0.294 e. The van der Waals surface area contributed by atoms with Crippen molar-refractivity contribution < 1.29 is 13.0 Å². The average Bonchev–Trinajstić information content (AvgIpc) is 2.37. The summed E-state index contributed by atoms with van der Waals surface area (Å²) in [7, 11) is -4.23. The largest absolute Gasteiger partial charge is 0.399 e. The van der Waals surface area contributed by atoms with E-state index in [1.165, 1.54) is 25.3 Å². The van der Waals surface area contributed by atoms with Crippen molar-refractivity contribution in [2.75, 3.05) is 5.73 Å². The zero-order valence-corrected chi connectivity index (χ0v) is 11.6. The van der Waals surface area contributed by atoms with E-state index >= 15 is 0 Å². The summed E-state index contributed by atoms with van der Waals surface area (Å²) in [5, 5.41) is 3.35. The highest BCUT2D eigenvalue weighted by molar-refractivity contribution is 7.85. The fourth-order valence-corrected chi connectivity index (χ4v) is 3.27. The molecule has 19 heavy (non-hydrogen) atoms. The van der Waals surface area contributed by atoms with Crippen molar-refractivity contribution in [1.82, 2.24) is 5.32 Å². The van der Waals surface area contributed by atoms with Crippen LogP contribution in [-0.4, -0.2) is 19.0 Å². The van der Waals surface area contributed by atoms with Crippen molar-refractivity contribution in [2.24, 2.45) is 0 Å². The second-order valence-electron chi connectivity index (χ2n) is 5.06. The van der Waals surface area contributed by atoms with Crippen molar-refractivity contribution >= 4 is 15.8 Å². The van der Waals surface area contributed by atoms with E-state index in [9.17, 15) is 13.0 Å². The molecule has 0 aliphatic heterocycles. The number of nitrogens with two attached hydrogens (primary N) is 1. The molecule has 0 aromatic heterocycles. The maximum absolute atomic E-state index is 11.3. The molecule has 0 unspecified atom stereocenters. The molecular formula is C13H20N2O3S. The van der Waals surface area contributed by atoms with Gasteiger partial charge in [-0.15, -0.1) is 0 Å². The van der Waals surface area contributed by atoms with Crippen LogP contribution in [0.25, 0.3) is 0 Å². The third-order valence-corrected chi connectivity index (χ3v) is 4.49. The highest BCUT2D eigenvalue weighted by Gasteiger charge is 2.18. The number of hydrogen-bond donors (Lipinski definition) is 3. The van der Waals surface area contributed by atoms with Crippen molar-refractivity contribution in [3.05, 3.63) is 23.8 Å². The Morgan fingerprint density at radius 2 is 1.95 bits per heavy atom. The molecule has 0 heterocycles. The Hall–Kier alpha value is -1.11. The molecule has 1 aliphatic carbocycles. The van der Waals surface area contributed by atoms with Gasteiger partial charge in [-0.2, -0.15) is 8.42 Å². The lowest BCUT2D eigenvalue weighted by molar-refractivity contribution is 0.371. The van der Waals surface area contributed by atoms with Crippen LogP contribution in [0.1, 0.15) is 37.7 Å². The van der Waals surface area contributed by atoms with Gasteiger partial charge in [0.15, 0.2) is 0 Å². The lowest BCUT2D eigenvalue weighted by Gasteiger charge is -2.23. The van der Waals surface area contributed by atoms with Gasteiger partial charge in [0, 0.05) is 18.3 Å². The van der Waals surface area contributed by atoms with E-state index in [1.54, 1.807) is 12.1 Å². The van der Waals surface area contributed by atoms with Crippen LogP contribution in [0.5, 0.6) is 0 Å². The Morgan fingerprint density at radius 3 is 2.58 bits per heavy atom. The predicted molar refractivity (Wildman–Crippen MR) is 74.4 cm³/mol.